The maximum Gasteiger partial charge on any atom is 0.157 e. The lowest BCUT2D eigenvalue weighted by Crippen LogP contribution is -2.42. The van der Waals surface area contributed by atoms with E-state index in [1.807, 2.05) is 6.92 Å². The summed E-state index contributed by atoms with van der Waals surface area (Å²) in [7, 11) is 0. The molecule has 4 heteroatoms. The Labute approximate surface area is 120 Å². The fourth-order valence-corrected chi connectivity index (χ4v) is 2.96. The third-order valence-corrected chi connectivity index (χ3v) is 4.22. The molecule has 0 heterocycles. The van der Waals surface area contributed by atoms with Crippen molar-refractivity contribution in [3.05, 3.63) is 23.8 Å². The van der Waals surface area contributed by atoms with Gasteiger partial charge in [0.05, 0.1) is 6.10 Å². The minimum atomic E-state index is -0.673. The van der Waals surface area contributed by atoms with E-state index in [0.717, 1.165) is 6.42 Å². The number of aliphatic hydroxyl groups is 1. The molecule has 0 saturated heterocycles. The molecule has 2 rings (SSSR count). The third-order valence-electron chi connectivity index (χ3n) is 4.22. The number of aliphatic hydroxyl groups excluding tert-OH is 1. The van der Waals surface area contributed by atoms with Crippen molar-refractivity contribution >= 4 is 0 Å². The first-order valence-corrected chi connectivity index (χ1v) is 7.57. The van der Waals surface area contributed by atoms with Crippen molar-refractivity contribution in [3.63, 3.8) is 0 Å². The van der Waals surface area contributed by atoms with Crippen molar-refractivity contribution in [2.24, 2.45) is 0 Å². The van der Waals surface area contributed by atoms with Crippen molar-refractivity contribution in [2.45, 2.75) is 63.6 Å². The van der Waals surface area contributed by atoms with E-state index < -0.39 is 6.10 Å². The number of hydrogen-bond donors (Lipinski definition) is 4. The number of hydrogen-bond acceptors (Lipinski definition) is 4. The van der Waals surface area contributed by atoms with E-state index in [0.29, 0.717) is 11.6 Å². The Morgan fingerprint density at radius 1 is 1.15 bits per heavy atom. The average molecular weight is 279 g/mol. The van der Waals surface area contributed by atoms with Gasteiger partial charge in [0, 0.05) is 12.1 Å². The fourth-order valence-electron chi connectivity index (χ4n) is 2.96. The second-order valence-electron chi connectivity index (χ2n) is 5.71. The van der Waals surface area contributed by atoms with Gasteiger partial charge < -0.3 is 20.6 Å². The summed E-state index contributed by atoms with van der Waals surface area (Å²) in [5.41, 5.74) is 0.635. The maximum absolute atomic E-state index is 10.5. The Morgan fingerprint density at radius 3 is 2.45 bits per heavy atom. The molecular formula is C16H25NO3. The molecule has 0 spiro atoms. The highest BCUT2D eigenvalue weighted by Gasteiger charge is 2.24. The largest absolute Gasteiger partial charge is 0.504 e. The van der Waals surface area contributed by atoms with Crippen LogP contribution < -0.4 is 5.32 Å². The summed E-state index contributed by atoms with van der Waals surface area (Å²) in [6.45, 7) is 2.05. The predicted molar refractivity (Wildman–Crippen MR) is 78.8 cm³/mol. The molecule has 0 aromatic heterocycles. The Hall–Kier alpha value is -1.26. The molecule has 1 aliphatic rings. The highest BCUT2D eigenvalue weighted by atomic mass is 16.3. The predicted octanol–water partition coefficient (Wildman–Crippen LogP) is 2.83. The summed E-state index contributed by atoms with van der Waals surface area (Å²) in [5, 5.41) is 32.9. The maximum atomic E-state index is 10.5. The summed E-state index contributed by atoms with van der Waals surface area (Å²) < 4.78 is 0. The fraction of sp³-hybridized carbons (Fsp3) is 0.625. The number of rotatable bonds is 5. The number of phenols is 2. The van der Waals surface area contributed by atoms with Crippen molar-refractivity contribution in [2.75, 3.05) is 0 Å². The minimum absolute atomic E-state index is 0.0259. The van der Waals surface area contributed by atoms with E-state index >= 15 is 0 Å². The van der Waals surface area contributed by atoms with Gasteiger partial charge >= 0.3 is 0 Å². The van der Waals surface area contributed by atoms with E-state index in [2.05, 4.69) is 5.32 Å². The van der Waals surface area contributed by atoms with Gasteiger partial charge in [-0.1, -0.05) is 32.3 Å². The van der Waals surface area contributed by atoms with Crippen LogP contribution in [-0.4, -0.2) is 27.4 Å². The molecule has 0 amide bonds. The molecular weight excluding hydrogens is 254 g/mol. The molecule has 0 bridgehead atoms. The standard InChI is InChI=1S/C16H25NO3/c1-2-13(17-12-6-4-3-5-7-12)16(20)11-8-9-14(18)15(19)10-11/h8-10,12-13,16-20H,2-7H2,1H3. The van der Waals surface area contributed by atoms with Crippen molar-refractivity contribution < 1.29 is 15.3 Å². The Kier molecular flexibility index (Phi) is 5.26. The van der Waals surface area contributed by atoms with Crippen LogP contribution in [0.15, 0.2) is 18.2 Å². The van der Waals surface area contributed by atoms with Crippen LogP contribution in [0, 0.1) is 0 Å². The highest BCUT2D eigenvalue weighted by Crippen LogP contribution is 2.30. The van der Waals surface area contributed by atoms with Gasteiger partial charge in [0.1, 0.15) is 0 Å². The van der Waals surface area contributed by atoms with Crippen LogP contribution in [0.3, 0.4) is 0 Å². The van der Waals surface area contributed by atoms with Crippen LogP contribution in [0.4, 0.5) is 0 Å². The Bertz CT molecular complexity index is 430. The molecule has 20 heavy (non-hydrogen) atoms. The summed E-state index contributed by atoms with van der Waals surface area (Å²) in [4.78, 5) is 0. The van der Waals surface area contributed by atoms with Crippen LogP contribution in [-0.2, 0) is 0 Å². The van der Waals surface area contributed by atoms with E-state index in [1.165, 1.54) is 44.2 Å². The minimum Gasteiger partial charge on any atom is -0.504 e. The number of aromatic hydroxyl groups is 2. The van der Waals surface area contributed by atoms with Gasteiger partial charge in [-0.25, -0.2) is 0 Å². The summed E-state index contributed by atoms with van der Waals surface area (Å²) in [5.74, 6) is -0.344. The average Bonchev–Trinajstić information content (AvgIpc) is 2.48. The number of phenolic OH excluding ortho intramolecular Hbond substituents is 2. The van der Waals surface area contributed by atoms with Crippen molar-refractivity contribution in [1.82, 2.24) is 5.32 Å². The molecule has 4 N–H and O–H groups in total. The van der Waals surface area contributed by atoms with E-state index in [4.69, 9.17) is 0 Å². The van der Waals surface area contributed by atoms with Crippen LogP contribution in [0.2, 0.25) is 0 Å². The van der Waals surface area contributed by atoms with Gasteiger partial charge in [-0.05, 0) is 37.0 Å². The molecule has 0 radical (unpaired) electrons. The van der Waals surface area contributed by atoms with E-state index in [1.54, 1.807) is 6.07 Å². The van der Waals surface area contributed by atoms with Gasteiger partial charge in [0.25, 0.3) is 0 Å². The first-order chi connectivity index (χ1) is 9.61. The molecule has 2 unspecified atom stereocenters. The quantitative estimate of drug-likeness (QED) is 0.625. The summed E-state index contributed by atoms with van der Waals surface area (Å²) in [6.07, 6.45) is 6.30. The normalized spacial score (nSPS) is 19.7. The zero-order valence-electron chi connectivity index (χ0n) is 12.0. The molecule has 0 aliphatic heterocycles. The number of benzene rings is 1. The monoisotopic (exact) mass is 279 g/mol. The smallest absolute Gasteiger partial charge is 0.157 e. The molecule has 2 atom stereocenters. The van der Waals surface area contributed by atoms with Crippen LogP contribution in [0.25, 0.3) is 0 Å². The van der Waals surface area contributed by atoms with Crippen LogP contribution >= 0.6 is 0 Å². The lowest BCUT2D eigenvalue weighted by Gasteiger charge is -2.31. The Morgan fingerprint density at radius 2 is 1.85 bits per heavy atom. The summed E-state index contributed by atoms with van der Waals surface area (Å²) in [6, 6.07) is 4.97. The first kappa shape index (κ1) is 15.1. The zero-order valence-corrected chi connectivity index (χ0v) is 12.0. The lowest BCUT2D eigenvalue weighted by molar-refractivity contribution is 0.114. The van der Waals surface area contributed by atoms with E-state index in [-0.39, 0.29) is 17.5 Å². The summed E-state index contributed by atoms with van der Waals surface area (Å²) >= 11 is 0. The third kappa shape index (κ3) is 3.64. The SMILES string of the molecule is CCC(NC1CCCCC1)C(O)c1ccc(O)c(O)c1. The lowest BCUT2D eigenvalue weighted by atomic mass is 9.92. The van der Waals surface area contributed by atoms with E-state index in [9.17, 15) is 15.3 Å². The molecule has 1 saturated carbocycles. The topological polar surface area (TPSA) is 72.7 Å². The first-order valence-electron chi connectivity index (χ1n) is 7.57. The zero-order chi connectivity index (χ0) is 14.5. The molecule has 1 fully saturated rings. The Balaban J connectivity index is 2.03. The molecule has 1 aliphatic carbocycles. The number of nitrogens with one attached hydrogen (secondary N) is 1. The van der Waals surface area contributed by atoms with Crippen molar-refractivity contribution in [1.29, 1.82) is 0 Å². The molecule has 1 aromatic rings. The van der Waals surface area contributed by atoms with Gasteiger partial charge in [-0.15, -0.1) is 0 Å². The van der Waals surface area contributed by atoms with Gasteiger partial charge in [0.15, 0.2) is 11.5 Å². The molecule has 1 aromatic carbocycles. The van der Waals surface area contributed by atoms with Crippen molar-refractivity contribution in [3.8, 4) is 11.5 Å². The second-order valence-corrected chi connectivity index (χ2v) is 5.71. The van der Waals surface area contributed by atoms with Gasteiger partial charge in [0.2, 0.25) is 0 Å². The van der Waals surface area contributed by atoms with Crippen LogP contribution in [0.5, 0.6) is 11.5 Å². The van der Waals surface area contributed by atoms with Gasteiger partial charge in [-0.2, -0.15) is 0 Å². The van der Waals surface area contributed by atoms with Gasteiger partial charge in [-0.3, -0.25) is 0 Å². The second kappa shape index (κ2) is 6.95. The molecule has 4 nitrogen and oxygen atoms in total. The highest BCUT2D eigenvalue weighted by molar-refractivity contribution is 5.41. The molecule has 112 valence electrons. The van der Waals surface area contributed by atoms with Crippen LogP contribution in [0.1, 0.15) is 57.1 Å².